The van der Waals surface area contributed by atoms with Crippen molar-refractivity contribution < 1.29 is 18.5 Å². The van der Waals surface area contributed by atoms with Crippen LogP contribution in [-0.4, -0.2) is 52.7 Å². The molecule has 1 amide bonds. The van der Waals surface area contributed by atoms with Crippen LogP contribution in [0.1, 0.15) is 26.2 Å². The van der Waals surface area contributed by atoms with E-state index >= 15 is 0 Å². The molecule has 0 aromatic carbocycles. The summed E-state index contributed by atoms with van der Waals surface area (Å²) >= 11 is 0. The molecule has 2 unspecified atom stereocenters. The van der Waals surface area contributed by atoms with Gasteiger partial charge in [-0.1, -0.05) is 6.92 Å². The summed E-state index contributed by atoms with van der Waals surface area (Å²) in [4.78, 5) is 24.8. The van der Waals surface area contributed by atoms with Gasteiger partial charge in [0, 0.05) is 29.6 Å². The van der Waals surface area contributed by atoms with Gasteiger partial charge in [0.25, 0.3) is 0 Å². The summed E-state index contributed by atoms with van der Waals surface area (Å²) in [6.07, 6.45) is 3.21. The number of methoxy groups -OCH3 is 1. The number of carbonyl (C=O) groups is 2. The van der Waals surface area contributed by atoms with E-state index < -0.39 is 16.7 Å². The summed E-state index contributed by atoms with van der Waals surface area (Å²) in [6, 6.07) is 0. The second-order valence-corrected chi connectivity index (χ2v) is 6.12. The molecule has 0 bridgehead atoms. The second kappa shape index (κ2) is 7.51. The molecule has 0 spiro atoms. The highest BCUT2D eigenvalue weighted by molar-refractivity contribution is 7.85. The third-order valence-corrected chi connectivity index (χ3v) is 4.47. The van der Waals surface area contributed by atoms with Crippen molar-refractivity contribution in [1.82, 2.24) is 4.90 Å². The van der Waals surface area contributed by atoms with E-state index in [4.69, 9.17) is 0 Å². The number of ether oxygens (including phenoxy) is 1. The number of esters is 1. The zero-order valence-electron chi connectivity index (χ0n) is 11.0. The molecule has 1 saturated heterocycles. The lowest BCUT2D eigenvalue weighted by molar-refractivity contribution is -0.144. The first-order valence-electron chi connectivity index (χ1n) is 6.25. The number of hydrogen-bond donors (Lipinski definition) is 0. The van der Waals surface area contributed by atoms with Crippen molar-refractivity contribution in [2.75, 3.05) is 31.7 Å². The summed E-state index contributed by atoms with van der Waals surface area (Å²) in [5.74, 6) is -0.669. The van der Waals surface area contributed by atoms with E-state index in [1.807, 2.05) is 0 Å². The SMILES string of the molecule is COC(=O)C(C)CS(=O)CC(=O)N1CCCCC1. The Morgan fingerprint density at radius 1 is 1.28 bits per heavy atom. The Labute approximate surface area is 110 Å². The minimum absolute atomic E-state index is 0.0152. The summed E-state index contributed by atoms with van der Waals surface area (Å²) in [5.41, 5.74) is 0. The van der Waals surface area contributed by atoms with Crippen LogP contribution in [-0.2, 0) is 25.1 Å². The van der Waals surface area contributed by atoms with E-state index in [0.29, 0.717) is 0 Å². The molecule has 1 aliphatic heterocycles. The molecule has 1 heterocycles. The normalized spacial score (nSPS) is 19.1. The molecule has 1 rings (SSSR count). The van der Waals surface area contributed by atoms with Crippen molar-refractivity contribution in [3.63, 3.8) is 0 Å². The number of hydrogen-bond acceptors (Lipinski definition) is 4. The topological polar surface area (TPSA) is 63.7 Å². The molecule has 0 aromatic rings. The Kier molecular flexibility index (Phi) is 6.32. The maximum Gasteiger partial charge on any atom is 0.309 e. The van der Waals surface area contributed by atoms with Crippen LogP contribution in [0.25, 0.3) is 0 Å². The highest BCUT2D eigenvalue weighted by Crippen LogP contribution is 2.09. The Bertz CT molecular complexity index is 326. The predicted octanol–water partition coefficient (Wildman–Crippen LogP) is 0.557. The van der Waals surface area contributed by atoms with E-state index in [2.05, 4.69) is 4.74 Å². The van der Waals surface area contributed by atoms with E-state index in [9.17, 15) is 13.8 Å². The Morgan fingerprint density at radius 2 is 1.89 bits per heavy atom. The lowest BCUT2D eigenvalue weighted by Gasteiger charge is -2.26. The second-order valence-electron chi connectivity index (χ2n) is 4.62. The number of rotatable bonds is 5. The van der Waals surface area contributed by atoms with Gasteiger partial charge in [-0.05, 0) is 19.3 Å². The monoisotopic (exact) mass is 275 g/mol. The first-order chi connectivity index (χ1) is 8.54. The Hall–Kier alpha value is -0.910. The average Bonchev–Trinajstić information content (AvgIpc) is 2.38. The summed E-state index contributed by atoms with van der Waals surface area (Å²) < 4.78 is 16.3. The van der Waals surface area contributed by atoms with Crippen LogP contribution in [0, 0.1) is 5.92 Å². The summed E-state index contributed by atoms with van der Waals surface area (Å²) in [6.45, 7) is 3.19. The molecule has 2 atom stereocenters. The standard InChI is InChI=1S/C12H21NO4S/c1-10(12(15)17-2)8-18(16)9-11(14)13-6-4-3-5-7-13/h10H,3-9H2,1-2H3. The summed E-state index contributed by atoms with van der Waals surface area (Å²) in [7, 11) is 0.0101. The molecule has 1 aliphatic rings. The van der Waals surface area contributed by atoms with Crippen LogP contribution in [0.15, 0.2) is 0 Å². The smallest absolute Gasteiger partial charge is 0.309 e. The van der Waals surface area contributed by atoms with Crippen molar-refractivity contribution >= 4 is 22.7 Å². The fourth-order valence-corrected chi connectivity index (χ4v) is 3.25. The lowest BCUT2D eigenvalue weighted by atomic mass is 10.1. The highest BCUT2D eigenvalue weighted by atomic mass is 32.2. The van der Waals surface area contributed by atoms with E-state index in [1.54, 1.807) is 11.8 Å². The van der Waals surface area contributed by atoms with Gasteiger partial charge in [0.2, 0.25) is 5.91 Å². The van der Waals surface area contributed by atoms with Gasteiger partial charge in [-0.3, -0.25) is 13.8 Å². The number of likely N-dealkylation sites (tertiary alicyclic amines) is 1. The molecule has 104 valence electrons. The highest BCUT2D eigenvalue weighted by Gasteiger charge is 2.21. The average molecular weight is 275 g/mol. The van der Waals surface area contributed by atoms with Crippen LogP contribution in [0.3, 0.4) is 0 Å². The van der Waals surface area contributed by atoms with Crippen molar-refractivity contribution in [2.45, 2.75) is 26.2 Å². The fraction of sp³-hybridized carbons (Fsp3) is 0.833. The van der Waals surface area contributed by atoms with E-state index in [1.165, 1.54) is 7.11 Å². The van der Waals surface area contributed by atoms with E-state index in [-0.39, 0.29) is 23.4 Å². The van der Waals surface area contributed by atoms with Crippen LogP contribution in [0.2, 0.25) is 0 Å². The van der Waals surface area contributed by atoms with Crippen LogP contribution >= 0.6 is 0 Å². The minimum atomic E-state index is -1.30. The van der Waals surface area contributed by atoms with Gasteiger partial charge in [0.1, 0.15) is 5.75 Å². The molecule has 0 radical (unpaired) electrons. The quantitative estimate of drug-likeness (QED) is 0.688. The zero-order chi connectivity index (χ0) is 13.5. The number of nitrogens with zero attached hydrogens (tertiary/aromatic N) is 1. The molecule has 0 N–H and O–H groups in total. The number of piperidine rings is 1. The first kappa shape index (κ1) is 15.1. The molecular formula is C12H21NO4S. The molecule has 0 saturated carbocycles. The van der Waals surface area contributed by atoms with Crippen LogP contribution < -0.4 is 0 Å². The largest absolute Gasteiger partial charge is 0.469 e. The third-order valence-electron chi connectivity index (χ3n) is 3.03. The predicted molar refractivity (Wildman–Crippen MR) is 69.5 cm³/mol. The molecule has 18 heavy (non-hydrogen) atoms. The van der Waals surface area contributed by atoms with Crippen molar-refractivity contribution in [3.05, 3.63) is 0 Å². The van der Waals surface area contributed by atoms with Crippen molar-refractivity contribution in [3.8, 4) is 0 Å². The molecule has 0 aromatic heterocycles. The van der Waals surface area contributed by atoms with Gasteiger partial charge in [-0.2, -0.15) is 0 Å². The number of amides is 1. The molecular weight excluding hydrogens is 254 g/mol. The van der Waals surface area contributed by atoms with Crippen molar-refractivity contribution in [2.24, 2.45) is 5.92 Å². The Balaban J connectivity index is 2.34. The minimum Gasteiger partial charge on any atom is -0.469 e. The van der Waals surface area contributed by atoms with Crippen molar-refractivity contribution in [1.29, 1.82) is 0 Å². The number of carbonyl (C=O) groups excluding carboxylic acids is 2. The zero-order valence-corrected chi connectivity index (χ0v) is 11.8. The fourth-order valence-electron chi connectivity index (χ4n) is 1.98. The van der Waals surface area contributed by atoms with Crippen LogP contribution in [0.4, 0.5) is 0 Å². The van der Waals surface area contributed by atoms with E-state index in [0.717, 1.165) is 32.4 Å². The molecule has 6 heteroatoms. The van der Waals surface area contributed by atoms with Gasteiger partial charge >= 0.3 is 5.97 Å². The van der Waals surface area contributed by atoms with Gasteiger partial charge in [-0.15, -0.1) is 0 Å². The molecule has 5 nitrogen and oxygen atoms in total. The Morgan fingerprint density at radius 3 is 2.44 bits per heavy atom. The maximum absolute atomic E-state index is 11.8. The molecule has 0 aliphatic carbocycles. The van der Waals surface area contributed by atoms with Crippen LogP contribution in [0.5, 0.6) is 0 Å². The van der Waals surface area contributed by atoms with Gasteiger partial charge in [0.15, 0.2) is 0 Å². The summed E-state index contributed by atoms with van der Waals surface area (Å²) in [5, 5.41) is 0. The lowest BCUT2D eigenvalue weighted by Crippen LogP contribution is -2.39. The van der Waals surface area contributed by atoms with Gasteiger partial charge in [0.05, 0.1) is 13.0 Å². The third kappa shape index (κ3) is 4.76. The maximum atomic E-state index is 11.8. The molecule has 1 fully saturated rings. The van der Waals surface area contributed by atoms with Gasteiger partial charge in [-0.25, -0.2) is 0 Å². The van der Waals surface area contributed by atoms with Gasteiger partial charge < -0.3 is 9.64 Å². The first-order valence-corrected chi connectivity index (χ1v) is 7.74.